The van der Waals surface area contributed by atoms with Crippen molar-refractivity contribution < 1.29 is 27.4 Å². The summed E-state index contributed by atoms with van der Waals surface area (Å²) in [7, 11) is 1.35. The molecule has 0 bridgehead atoms. The Kier molecular flexibility index (Phi) is 5.23. The molecule has 0 fully saturated rings. The minimum atomic E-state index is -4.64. The molecule has 1 aliphatic rings. The lowest BCUT2D eigenvalue weighted by Gasteiger charge is -2.16. The number of nitrogen functional groups attached to an aromatic ring is 1. The maximum absolute atomic E-state index is 13.2. The van der Waals surface area contributed by atoms with Gasteiger partial charge in [0.2, 0.25) is 0 Å². The summed E-state index contributed by atoms with van der Waals surface area (Å²) in [6.07, 6.45) is -3.09. The highest BCUT2D eigenvalue weighted by atomic mass is 32.2. The zero-order chi connectivity index (χ0) is 20.5. The number of hydrogen-bond acceptors (Lipinski definition) is 6. The van der Waals surface area contributed by atoms with Crippen molar-refractivity contribution in [3.05, 3.63) is 52.4 Å². The zero-order valence-electron chi connectivity index (χ0n) is 14.4. The maximum atomic E-state index is 13.2. The second-order valence-electron chi connectivity index (χ2n) is 5.63. The van der Waals surface area contributed by atoms with Crippen LogP contribution in [0.1, 0.15) is 11.1 Å². The average molecular weight is 409 g/mol. The van der Waals surface area contributed by atoms with E-state index in [2.05, 4.69) is 4.99 Å². The van der Waals surface area contributed by atoms with Crippen molar-refractivity contribution in [3.8, 4) is 17.2 Å². The second kappa shape index (κ2) is 7.47. The Morgan fingerprint density at radius 3 is 2.39 bits per heavy atom. The number of carbonyl (C=O) groups is 1. The van der Waals surface area contributed by atoms with Gasteiger partial charge < -0.3 is 20.9 Å². The average Bonchev–Trinajstić information content (AvgIpc) is 2.93. The van der Waals surface area contributed by atoms with Crippen LogP contribution in [0.5, 0.6) is 17.2 Å². The Morgan fingerprint density at radius 1 is 1.07 bits per heavy atom. The standard InChI is InChI=1S/C18H14F3N3O3S/c1-26-14-6-9(7-15-16(25)24-17(23)28-15)2-4-13(14)27-12-5-3-10(22)8-11(12)18(19,20)21/h2-8H,22H2,1H3,(H2,23,24,25)/b15-7-. The van der Waals surface area contributed by atoms with E-state index in [0.29, 0.717) is 10.5 Å². The Morgan fingerprint density at radius 2 is 1.79 bits per heavy atom. The van der Waals surface area contributed by atoms with E-state index in [4.69, 9.17) is 20.9 Å². The van der Waals surface area contributed by atoms with E-state index in [0.717, 1.165) is 23.9 Å². The Balaban J connectivity index is 1.93. The van der Waals surface area contributed by atoms with Gasteiger partial charge in [0.1, 0.15) is 11.3 Å². The third-order valence-electron chi connectivity index (χ3n) is 3.65. The molecule has 1 aliphatic heterocycles. The lowest BCUT2D eigenvalue weighted by molar-refractivity contribution is -0.138. The molecular weight excluding hydrogens is 395 g/mol. The van der Waals surface area contributed by atoms with Crippen molar-refractivity contribution in [1.29, 1.82) is 0 Å². The van der Waals surface area contributed by atoms with E-state index in [1.165, 1.54) is 25.3 Å². The molecule has 146 valence electrons. The number of amides is 1. The summed E-state index contributed by atoms with van der Waals surface area (Å²) in [6.45, 7) is 0. The van der Waals surface area contributed by atoms with Gasteiger partial charge in [-0.1, -0.05) is 6.07 Å². The number of halogens is 3. The fourth-order valence-electron chi connectivity index (χ4n) is 2.41. The highest BCUT2D eigenvalue weighted by molar-refractivity contribution is 8.18. The number of nitrogens with zero attached hydrogens (tertiary/aromatic N) is 1. The summed E-state index contributed by atoms with van der Waals surface area (Å²) < 4.78 is 50.4. The van der Waals surface area contributed by atoms with Crippen LogP contribution >= 0.6 is 11.8 Å². The number of ether oxygens (including phenoxy) is 2. The normalized spacial score (nSPS) is 15.6. The highest BCUT2D eigenvalue weighted by Crippen LogP contribution is 2.41. The number of anilines is 1. The molecule has 2 aromatic rings. The number of nitrogens with two attached hydrogens (primary N) is 2. The van der Waals surface area contributed by atoms with Crippen molar-refractivity contribution >= 4 is 34.6 Å². The lowest BCUT2D eigenvalue weighted by atomic mass is 10.1. The minimum Gasteiger partial charge on any atom is -0.493 e. The van der Waals surface area contributed by atoms with Crippen LogP contribution in [0, 0.1) is 0 Å². The maximum Gasteiger partial charge on any atom is 0.420 e. The second-order valence-corrected chi connectivity index (χ2v) is 6.69. The van der Waals surface area contributed by atoms with Crippen LogP contribution in [0.3, 0.4) is 0 Å². The molecule has 4 N–H and O–H groups in total. The van der Waals surface area contributed by atoms with Crippen LogP contribution in [0.25, 0.3) is 6.08 Å². The number of carbonyl (C=O) groups excluding carboxylic acids is 1. The summed E-state index contributed by atoms with van der Waals surface area (Å²) in [5.74, 6) is -0.614. The molecule has 0 saturated heterocycles. The van der Waals surface area contributed by atoms with Gasteiger partial charge in [-0.05, 0) is 53.7 Å². The Labute approximate surface area is 162 Å². The number of alkyl halides is 3. The van der Waals surface area contributed by atoms with Gasteiger partial charge in [0.25, 0.3) is 5.91 Å². The van der Waals surface area contributed by atoms with E-state index < -0.39 is 23.4 Å². The smallest absolute Gasteiger partial charge is 0.420 e. The summed E-state index contributed by atoms with van der Waals surface area (Å²) in [6, 6.07) is 7.78. The van der Waals surface area contributed by atoms with E-state index in [-0.39, 0.29) is 22.4 Å². The molecule has 0 atom stereocenters. The number of aliphatic imine (C=N–C) groups is 1. The van der Waals surface area contributed by atoms with E-state index in [1.54, 1.807) is 12.1 Å². The summed E-state index contributed by atoms with van der Waals surface area (Å²) in [5, 5.41) is 0.145. The molecule has 0 saturated carbocycles. The molecule has 0 aromatic heterocycles. The van der Waals surface area contributed by atoms with Crippen LogP contribution in [0.4, 0.5) is 18.9 Å². The molecule has 28 heavy (non-hydrogen) atoms. The first-order valence-electron chi connectivity index (χ1n) is 7.78. The lowest BCUT2D eigenvalue weighted by Crippen LogP contribution is -2.08. The summed E-state index contributed by atoms with van der Waals surface area (Å²) in [4.78, 5) is 15.6. The molecule has 0 unspecified atom stereocenters. The van der Waals surface area contributed by atoms with Crippen molar-refractivity contribution in [3.63, 3.8) is 0 Å². The number of amidine groups is 1. The molecule has 0 radical (unpaired) electrons. The number of thioether (sulfide) groups is 1. The predicted molar refractivity (Wildman–Crippen MR) is 101 cm³/mol. The number of rotatable bonds is 4. The van der Waals surface area contributed by atoms with Crippen LogP contribution in [0.2, 0.25) is 0 Å². The topological polar surface area (TPSA) is 99.9 Å². The summed E-state index contributed by atoms with van der Waals surface area (Å²) in [5.41, 5.74) is 10.5. The van der Waals surface area contributed by atoms with Gasteiger partial charge in [-0.3, -0.25) is 4.79 Å². The van der Waals surface area contributed by atoms with E-state index in [1.807, 2.05) is 0 Å². The van der Waals surface area contributed by atoms with Gasteiger partial charge in [-0.25, -0.2) is 0 Å². The van der Waals surface area contributed by atoms with Crippen LogP contribution in [-0.2, 0) is 11.0 Å². The van der Waals surface area contributed by atoms with Crippen molar-refractivity contribution in [2.45, 2.75) is 6.18 Å². The van der Waals surface area contributed by atoms with Gasteiger partial charge in [-0.2, -0.15) is 18.2 Å². The molecular formula is C18H14F3N3O3S. The number of methoxy groups -OCH3 is 1. The fraction of sp³-hybridized carbons (Fsp3) is 0.111. The van der Waals surface area contributed by atoms with Gasteiger partial charge in [0.15, 0.2) is 16.7 Å². The highest BCUT2D eigenvalue weighted by Gasteiger charge is 2.35. The minimum absolute atomic E-state index is 0.0335. The van der Waals surface area contributed by atoms with Gasteiger partial charge in [0.05, 0.1) is 12.0 Å². The molecule has 0 aliphatic carbocycles. The molecule has 1 amide bonds. The van der Waals surface area contributed by atoms with Crippen molar-refractivity contribution in [1.82, 2.24) is 0 Å². The van der Waals surface area contributed by atoms with Crippen LogP contribution in [0.15, 0.2) is 46.3 Å². The summed E-state index contributed by atoms with van der Waals surface area (Å²) >= 11 is 1.03. The molecule has 6 nitrogen and oxygen atoms in total. The van der Waals surface area contributed by atoms with Gasteiger partial charge in [-0.15, -0.1) is 0 Å². The van der Waals surface area contributed by atoms with E-state index >= 15 is 0 Å². The van der Waals surface area contributed by atoms with Crippen molar-refractivity contribution in [2.75, 3.05) is 12.8 Å². The first-order valence-corrected chi connectivity index (χ1v) is 8.59. The molecule has 2 aromatic carbocycles. The SMILES string of the molecule is COc1cc(/C=C2\SC(N)=NC2=O)ccc1Oc1ccc(N)cc1C(F)(F)F. The third kappa shape index (κ3) is 4.22. The monoisotopic (exact) mass is 409 g/mol. The Hall–Kier alpha value is -3.14. The molecule has 0 spiro atoms. The van der Waals surface area contributed by atoms with Crippen LogP contribution < -0.4 is 20.9 Å². The predicted octanol–water partition coefficient (Wildman–Crippen LogP) is 4.02. The fourth-order valence-corrected chi connectivity index (χ4v) is 3.09. The first-order chi connectivity index (χ1) is 13.2. The zero-order valence-corrected chi connectivity index (χ0v) is 15.2. The molecule has 1 heterocycles. The number of hydrogen-bond donors (Lipinski definition) is 2. The van der Waals surface area contributed by atoms with E-state index in [9.17, 15) is 18.0 Å². The number of benzene rings is 2. The third-order valence-corrected chi connectivity index (χ3v) is 4.46. The largest absolute Gasteiger partial charge is 0.493 e. The first kappa shape index (κ1) is 19.6. The molecule has 3 rings (SSSR count). The van der Waals surface area contributed by atoms with Gasteiger partial charge >= 0.3 is 6.18 Å². The quantitative estimate of drug-likeness (QED) is 0.585. The van der Waals surface area contributed by atoms with Gasteiger partial charge in [0, 0.05) is 5.69 Å². The Bertz CT molecular complexity index is 1000. The van der Waals surface area contributed by atoms with Crippen molar-refractivity contribution in [2.24, 2.45) is 10.7 Å². The van der Waals surface area contributed by atoms with Crippen LogP contribution in [-0.4, -0.2) is 18.2 Å². The molecule has 10 heteroatoms.